The Morgan fingerprint density at radius 2 is 2.23 bits per heavy atom. The molecule has 0 spiro atoms. The van der Waals surface area contributed by atoms with Gasteiger partial charge in [-0.05, 0) is 37.3 Å². The maximum absolute atomic E-state index is 12.8. The standard InChI is InChI=1S/C19H18N2O4S/c1-10-3-6-14-16(7-10)26-19(20-14)21-18(23)13-9-17(22)25-15-8-11(24-2)4-5-12(13)15/h4-5,8-10H,3,6-7H2,1-2H3,(H,20,21,23). The minimum atomic E-state index is -0.580. The summed E-state index contributed by atoms with van der Waals surface area (Å²) in [5.41, 5.74) is 1.07. The number of fused-ring (bicyclic) bond motifs is 2. The maximum Gasteiger partial charge on any atom is 0.337 e. The Hall–Kier alpha value is -2.67. The average Bonchev–Trinajstić information content (AvgIpc) is 3.01. The Balaban J connectivity index is 1.67. The second-order valence-electron chi connectivity index (χ2n) is 6.53. The number of nitrogens with one attached hydrogen (secondary N) is 1. The number of hydrogen-bond donors (Lipinski definition) is 1. The van der Waals surface area contributed by atoms with Crippen LogP contribution in [0.25, 0.3) is 11.0 Å². The molecule has 7 heteroatoms. The van der Waals surface area contributed by atoms with E-state index >= 15 is 0 Å². The van der Waals surface area contributed by atoms with Crippen LogP contribution in [0.1, 0.15) is 34.3 Å². The van der Waals surface area contributed by atoms with Crippen molar-refractivity contribution in [3.63, 3.8) is 0 Å². The second-order valence-corrected chi connectivity index (χ2v) is 7.62. The molecule has 0 radical (unpaired) electrons. The van der Waals surface area contributed by atoms with Crippen molar-refractivity contribution < 1.29 is 13.9 Å². The molecule has 0 fully saturated rings. The molecule has 1 aliphatic rings. The lowest BCUT2D eigenvalue weighted by atomic mass is 9.93. The third-order valence-corrected chi connectivity index (χ3v) is 5.64. The molecule has 0 aliphatic heterocycles. The van der Waals surface area contributed by atoms with Gasteiger partial charge in [0.2, 0.25) is 0 Å². The van der Waals surface area contributed by atoms with Crippen molar-refractivity contribution in [3.8, 4) is 5.75 Å². The fourth-order valence-electron chi connectivity index (χ4n) is 3.22. The van der Waals surface area contributed by atoms with Crippen LogP contribution in [0.3, 0.4) is 0 Å². The second kappa shape index (κ2) is 6.57. The normalized spacial score (nSPS) is 16.3. The van der Waals surface area contributed by atoms with Crippen molar-refractivity contribution in [3.05, 3.63) is 50.8 Å². The van der Waals surface area contributed by atoms with Gasteiger partial charge in [-0.25, -0.2) is 9.78 Å². The van der Waals surface area contributed by atoms with E-state index in [-0.39, 0.29) is 11.5 Å². The molecule has 4 rings (SSSR count). The summed E-state index contributed by atoms with van der Waals surface area (Å²) < 4.78 is 10.3. The van der Waals surface area contributed by atoms with Crippen LogP contribution in [-0.4, -0.2) is 18.0 Å². The minimum Gasteiger partial charge on any atom is -0.497 e. The monoisotopic (exact) mass is 370 g/mol. The van der Waals surface area contributed by atoms with E-state index in [4.69, 9.17) is 9.15 Å². The highest BCUT2D eigenvalue weighted by Crippen LogP contribution is 2.32. The molecule has 1 unspecified atom stereocenters. The Labute approximate surface area is 153 Å². The molecule has 0 bridgehead atoms. The van der Waals surface area contributed by atoms with Crippen molar-refractivity contribution in [2.24, 2.45) is 5.92 Å². The summed E-state index contributed by atoms with van der Waals surface area (Å²) >= 11 is 1.51. The van der Waals surface area contributed by atoms with Gasteiger partial charge in [-0.2, -0.15) is 0 Å². The summed E-state index contributed by atoms with van der Waals surface area (Å²) in [6, 6.07) is 6.24. The number of anilines is 1. The molecule has 1 N–H and O–H groups in total. The maximum atomic E-state index is 12.8. The Bertz CT molecular complexity index is 1050. The minimum absolute atomic E-state index is 0.264. The van der Waals surface area contributed by atoms with Crippen LogP contribution >= 0.6 is 11.3 Å². The number of hydrogen-bond acceptors (Lipinski definition) is 6. The van der Waals surface area contributed by atoms with Crippen LogP contribution in [0.5, 0.6) is 5.75 Å². The predicted molar refractivity (Wildman–Crippen MR) is 100 cm³/mol. The van der Waals surface area contributed by atoms with Gasteiger partial charge in [-0.3, -0.25) is 10.1 Å². The molecular weight excluding hydrogens is 352 g/mol. The quantitative estimate of drug-likeness (QED) is 0.712. The summed E-state index contributed by atoms with van der Waals surface area (Å²) in [6.07, 6.45) is 3.07. The first-order chi connectivity index (χ1) is 12.5. The predicted octanol–water partition coefficient (Wildman–Crippen LogP) is 3.64. The third kappa shape index (κ3) is 3.10. The molecule has 1 aromatic carbocycles. The topological polar surface area (TPSA) is 81.4 Å². The van der Waals surface area contributed by atoms with Crippen LogP contribution in [0.2, 0.25) is 0 Å². The average molecular weight is 370 g/mol. The van der Waals surface area contributed by atoms with E-state index < -0.39 is 5.63 Å². The SMILES string of the molecule is COc1ccc2c(C(=O)Nc3nc4c(s3)CC(C)CC4)cc(=O)oc2c1. The van der Waals surface area contributed by atoms with E-state index in [1.54, 1.807) is 18.2 Å². The van der Waals surface area contributed by atoms with Crippen molar-refractivity contribution in [2.75, 3.05) is 12.4 Å². The lowest BCUT2D eigenvalue weighted by molar-refractivity contribution is 0.102. The molecule has 0 saturated carbocycles. The van der Waals surface area contributed by atoms with Crippen molar-refractivity contribution >= 4 is 33.3 Å². The summed E-state index contributed by atoms with van der Waals surface area (Å²) in [6.45, 7) is 2.23. The van der Waals surface area contributed by atoms with Gasteiger partial charge in [0.25, 0.3) is 5.91 Å². The van der Waals surface area contributed by atoms with E-state index in [1.807, 2.05) is 0 Å². The Morgan fingerprint density at radius 3 is 3.04 bits per heavy atom. The molecule has 1 aliphatic carbocycles. The van der Waals surface area contributed by atoms with Crippen molar-refractivity contribution in [2.45, 2.75) is 26.2 Å². The van der Waals surface area contributed by atoms with Gasteiger partial charge >= 0.3 is 5.63 Å². The highest BCUT2D eigenvalue weighted by atomic mass is 32.1. The first kappa shape index (κ1) is 16.8. The number of ether oxygens (including phenoxy) is 1. The number of carbonyl (C=O) groups is 1. The molecule has 1 amide bonds. The number of thiazole rings is 1. The highest BCUT2D eigenvalue weighted by Gasteiger charge is 2.21. The molecule has 2 heterocycles. The van der Waals surface area contributed by atoms with Gasteiger partial charge in [0.1, 0.15) is 11.3 Å². The molecule has 0 saturated heterocycles. The van der Waals surface area contributed by atoms with Crippen LogP contribution in [-0.2, 0) is 12.8 Å². The number of aromatic nitrogens is 1. The van der Waals surface area contributed by atoms with Crippen LogP contribution < -0.4 is 15.7 Å². The highest BCUT2D eigenvalue weighted by molar-refractivity contribution is 7.15. The number of amides is 1. The van der Waals surface area contributed by atoms with E-state index in [1.165, 1.54) is 29.4 Å². The number of carbonyl (C=O) groups excluding carboxylic acids is 1. The van der Waals surface area contributed by atoms with Gasteiger partial charge in [0, 0.05) is 22.4 Å². The summed E-state index contributed by atoms with van der Waals surface area (Å²) in [4.78, 5) is 30.4. The van der Waals surface area contributed by atoms with E-state index in [9.17, 15) is 9.59 Å². The Kier molecular flexibility index (Phi) is 4.24. The lowest BCUT2D eigenvalue weighted by Gasteiger charge is -2.15. The summed E-state index contributed by atoms with van der Waals surface area (Å²) in [7, 11) is 1.53. The number of methoxy groups -OCH3 is 1. The largest absolute Gasteiger partial charge is 0.497 e. The number of aryl methyl sites for hydroxylation is 1. The van der Waals surface area contributed by atoms with E-state index in [0.29, 0.717) is 27.8 Å². The molecule has 3 aromatic rings. The number of nitrogens with zero attached hydrogens (tertiary/aromatic N) is 1. The number of rotatable bonds is 3. The zero-order valence-electron chi connectivity index (χ0n) is 14.5. The fourth-order valence-corrected chi connectivity index (χ4v) is 4.38. The van der Waals surface area contributed by atoms with Crippen LogP contribution in [0, 0.1) is 5.92 Å². The lowest BCUT2D eigenvalue weighted by Crippen LogP contribution is -2.15. The smallest absolute Gasteiger partial charge is 0.337 e. The molecule has 26 heavy (non-hydrogen) atoms. The Morgan fingerprint density at radius 1 is 1.38 bits per heavy atom. The van der Waals surface area contributed by atoms with E-state index in [2.05, 4.69) is 17.2 Å². The molecule has 134 valence electrons. The molecule has 2 aromatic heterocycles. The van der Waals surface area contributed by atoms with Gasteiger partial charge in [-0.15, -0.1) is 11.3 Å². The van der Waals surface area contributed by atoms with E-state index in [0.717, 1.165) is 25.0 Å². The number of benzene rings is 1. The molecular formula is C19H18N2O4S. The zero-order valence-corrected chi connectivity index (χ0v) is 15.3. The van der Waals surface area contributed by atoms with Gasteiger partial charge < -0.3 is 9.15 Å². The summed E-state index contributed by atoms with van der Waals surface area (Å²) in [5, 5.41) is 3.96. The fraction of sp³-hybridized carbons (Fsp3) is 0.316. The van der Waals surface area contributed by atoms with Crippen LogP contribution in [0.15, 0.2) is 33.5 Å². The first-order valence-corrected chi connectivity index (χ1v) is 9.27. The van der Waals surface area contributed by atoms with Gasteiger partial charge in [0.15, 0.2) is 5.13 Å². The first-order valence-electron chi connectivity index (χ1n) is 8.45. The van der Waals surface area contributed by atoms with Crippen molar-refractivity contribution in [1.29, 1.82) is 0 Å². The summed E-state index contributed by atoms with van der Waals surface area (Å²) in [5.74, 6) is 0.830. The molecule has 6 nitrogen and oxygen atoms in total. The van der Waals surface area contributed by atoms with Crippen molar-refractivity contribution in [1.82, 2.24) is 4.98 Å². The third-order valence-electron chi connectivity index (χ3n) is 4.60. The van der Waals surface area contributed by atoms with Crippen LogP contribution in [0.4, 0.5) is 5.13 Å². The molecule has 1 atom stereocenters. The van der Waals surface area contributed by atoms with Gasteiger partial charge in [-0.1, -0.05) is 6.92 Å². The van der Waals surface area contributed by atoms with Gasteiger partial charge in [0.05, 0.1) is 18.4 Å². The zero-order chi connectivity index (χ0) is 18.3.